The number of aliphatic hydroxyl groups is 2. The highest BCUT2D eigenvalue weighted by atomic mass is 16.5. The molecule has 160 valence electrons. The molecule has 2 aliphatic heterocycles. The Kier molecular flexibility index (Phi) is 5.90. The van der Waals surface area contributed by atoms with Crippen LogP contribution in [0.4, 0.5) is 5.82 Å². The van der Waals surface area contributed by atoms with Crippen LogP contribution in [-0.4, -0.2) is 69.3 Å². The van der Waals surface area contributed by atoms with Crippen molar-refractivity contribution in [3.63, 3.8) is 0 Å². The summed E-state index contributed by atoms with van der Waals surface area (Å²) in [5, 5.41) is 20.7. The number of ether oxygens (including phenoxy) is 1. The highest BCUT2D eigenvalue weighted by Gasteiger charge is 2.37. The average Bonchev–Trinajstić information content (AvgIpc) is 2.93. The van der Waals surface area contributed by atoms with E-state index >= 15 is 0 Å². The van der Waals surface area contributed by atoms with Gasteiger partial charge in [0.25, 0.3) is 5.91 Å². The standard InChI is InChI=1S/C22H28N4O4/c23-20-4-1-3-18(24-20)21(28)26-8-2-7-22(29,15-26)14-25-9-10-30-19-6-5-16(13-27)11-17(19)12-25/h1,3-6,11,27,29H,2,7-10,12-15H2,(H2,23,24). The summed E-state index contributed by atoms with van der Waals surface area (Å²) >= 11 is 0. The molecule has 1 aromatic carbocycles. The predicted octanol–water partition coefficient (Wildman–Crippen LogP) is 1.02. The van der Waals surface area contributed by atoms with Crippen LogP contribution in [0.5, 0.6) is 5.75 Å². The minimum atomic E-state index is -1.01. The van der Waals surface area contributed by atoms with Crippen LogP contribution in [0.3, 0.4) is 0 Å². The molecule has 0 radical (unpaired) electrons. The molecule has 8 heteroatoms. The fourth-order valence-corrected chi connectivity index (χ4v) is 4.30. The number of β-amino-alcohol motifs (C(OH)–C–C–N with tert-alkyl or cyclic N) is 1. The molecular formula is C22H28N4O4. The van der Waals surface area contributed by atoms with Crippen LogP contribution in [0.2, 0.25) is 0 Å². The first kappa shape index (κ1) is 20.6. The van der Waals surface area contributed by atoms with Gasteiger partial charge in [0.15, 0.2) is 0 Å². The molecule has 1 fully saturated rings. The zero-order chi connectivity index (χ0) is 21.1. The number of fused-ring (bicyclic) bond motifs is 1. The molecule has 1 amide bonds. The van der Waals surface area contributed by atoms with E-state index < -0.39 is 5.60 Å². The molecule has 1 saturated heterocycles. The first-order valence-electron chi connectivity index (χ1n) is 10.3. The summed E-state index contributed by atoms with van der Waals surface area (Å²) in [5.41, 5.74) is 6.84. The molecule has 2 aliphatic rings. The monoisotopic (exact) mass is 412 g/mol. The zero-order valence-corrected chi connectivity index (χ0v) is 17.0. The van der Waals surface area contributed by atoms with Crippen molar-refractivity contribution in [2.24, 2.45) is 0 Å². The fraction of sp³-hybridized carbons (Fsp3) is 0.455. The SMILES string of the molecule is Nc1cccc(C(=O)N2CCCC(O)(CN3CCOc4ccc(CO)cc4C3)C2)n1. The lowest BCUT2D eigenvalue weighted by molar-refractivity contribution is -0.0486. The molecule has 0 aliphatic carbocycles. The number of hydrogen-bond acceptors (Lipinski definition) is 7. The number of rotatable bonds is 4. The van der Waals surface area contributed by atoms with E-state index in [9.17, 15) is 15.0 Å². The summed E-state index contributed by atoms with van der Waals surface area (Å²) in [6.07, 6.45) is 1.35. The van der Waals surface area contributed by atoms with Crippen LogP contribution in [0.1, 0.15) is 34.5 Å². The molecule has 8 nitrogen and oxygen atoms in total. The summed E-state index contributed by atoms with van der Waals surface area (Å²) in [6.45, 7) is 3.08. The number of amides is 1. The van der Waals surface area contributed by atoms with E-state index in [1.54, 1.807) is 23.1 Å². The van der Waals surface area contributed by atoms with E-state index in [1.807, 2.05) is 18.2 Å². The van der Waals surface area contributed by atoms with Gasteiger partial charge < -0.3 is 25.6 Å². The van der Waals surface area contributed by atoms with Crippen molar-refractivity contribution in [2.45, 2.75) is 31.6 Å². The van der Waals surface area contributed by atoms with Crippen LogP contribution >= 0.6 is 0 Å². The number of piperidine rings is 1. The van der Waals surface area contributed by atoms with E-state index in [0.717, 1.165) is 23.3 Å². The Morgan fingerprint density at radius 1 is 1.27 bits per heavy atom. The number of nitrogens with two attached hydrogens (primary N) is 1. The minimum Gasteiger partial charge on any atom is -0.492 e. The third-order valence-electron chi connectivity index (χ3n) is 5.72. The van der Waals surface area contributed by atoms with Crippen LogP contribution < -0.4 is 10.5 Å². The smallest absolute Gasteiger partial charge is 0.272 e. The summed E-state index contributed by atoms with van der Waals surface area (Å²) in [5.74, 6) is 0.908. The number of hydrogen-bond donors (Lipinski definition) is 3. The van der Waals surface area contributed by atoms with Crippen molar-refractivity contribution in [3.8, 4) is 5.75 Å². The van der Waals surface area contributed by atoms with Crippen LogP contribution in [0.15, 0.2) is 36.4 Å². The summed E-state index contributed by atoms with van der Waals surface area (Å²) in [4.78, 5) is 20.8. The number of aromatic nitrogens is 1. The van der Waals surface area contributed by atoms with Gasteiger partial charge in [-0.2, -0.15) is 0 Å². The molecule has 30 heavy (non-hydrogen) atoms. The lowest BCUT2D eigenvalue weighted by Gasteiger charge is -2.41. The van der Waals surface area contributed by atoms with Gasteiger partial charge in [0, 0.05) is 31.7 Å². The number of anilines is 1. The maximum atomic E-state index is 12.9. The second kappa shape index (κ2) is 8.59. The molecule has 3 heterocycles. The van der Waals surface area contributed by atoms with Crippen molar-refractivity contribution >= 4 is 11.7 Å². The third kappa shape index (κ3) is 4.56. The number of likely N-dealkylation sites (tertiary alicyclic amines) is 1. The van der Waals surface area contributed by atoms with E-state index in [4.69, 9.17) is 10.5 Å². The van der Waals surface area contributed by atoms with Crippen LogP contribution in [-0.2, 0) is 13.2 Å². The maximum absolute atomic E-state index is 12.9. The normalized spacial score (nSPS) is 22.1. The number of pyridine rings is 1. The third-order valence-corrected chi connectivity index (χ3v) is 5.72. The number of benzene rings is 1. The number of carbonyl (C=O) groups excluding carboxylic acids is 1. The van der Waals surface area contributed by atoms with Gasteiger partial charge >= 0.3 is 0 Å². The summed E-state index contributed by atoms with van der Waals surface area (Å²) in [7, 11) is 0. The van der Waals surface area contributed by atoms with Gasteiger partial charge in [-0.05, 0) is 42.7 Å². The zero-order valence-electron chi connectivity index (χ0n) is 17.0. The van der Waals surface area contributed by atoms with E-state index in [0.29, 0.717) is 50.7 Å². The number of nitrogens with zero attached hydrogens (tertiary/aromatic N) is 3. The van der Waals surface area contributed by atoms with Gasteiger partial charge in [0.05, 0.1) is 18.8 Å². The first-order valence-corrected chi connectivity index (χ1v) is 10.3. The lowest BCUT2D eigenvalue weighted by atomic mass is 9.91. The molecule has 4 rings (SSSR count). The van der Waals surface area contributed by atoms with Gasteiger partial charge in [-0.25, -0.2) is 4.98 Å². The summed E-state index contributed by atoms with van der Waals surface area (Å²) in [6, 6.07) is 10.7. The molecule has 0 saturated carbocycles. The molecule has 0 spiro atoms. The van der Waals surface area contributed by atoms with Gasteiger partial charge in [0.2, 0.25) is 0 Å². The maximum Gasteiger partial charge on any atom is 0.272 e. The highest BCUT2D eigenvalue weighted by molar-refractivity contribution is 5.92. The van der Waals surface area contributed by atoms with Crippen molar-refractivity contribution < 1.29 is 19.7 Å². The molecule has 2 aromatic rings. The Morgan fingerprint density at radius 2 is 2.13 bits per heavy atom. The quantitative estimate of drug-likeness (QED) is 0.687. The molecular weight excluding hydrogens is 384 g/mol. The van der Waals surface area contributed by atoms with Crippen LogP contribution in [0.25, 0.3) is 0 Å². The van der Waals surface area contributed by atoms with Crippen molar-refractivity contribution in [1.82, 2.24) is 14.8 Å². The summed E-state index contributed by atoms with van der Waals surface area (Å²) < 4.78 is 5.84. The molecule has 1 aromatic heterocycles. The van der Waals surface area contributed by atoms with Crippen molar-refractivity contribution in [3.05, 3.63) is 53.2 Å². The van der Waals surface area contributed by atoms with Gasteiger partial charge in [-0.15, -0.1) is 0 Å². The van der Waals surface area contributed by atoms with Crippen LogP contribution in [0, 0.1) is 0 Å². The number of nitrogen functional groups attached to an aromatic ring is 1. The first-order chi connectivity index (χ1) is 14.5. The van der Waals surface area contributed by atoms with Gasteiger partial charge in [-0.1, -0.05) is 12.1 Å². The predicted molar refractivity (Wildman–Crippen MR) is 112 cm³/mol. The van der Waals surface area contributed by atoms with E-state index in [-0.39, 0.29) is 19.1 Å². The Hall–Kier alpha value is -2.68. The molecule has 4 N–H and O–H groups in total. The minimum absolute atomic E-state index is 0.0215. The van der Waals surface area contributed by atoms with E-state index in [1.165, 1.54) is 0 Å². The Balaban J connectivity index is 1.46. The highest BCUT2D eigenvalue weighted by Crippen LogP contribution is 2.28. The van der Waals surface area contributed by atoms with Gasteiger partial charge in [0.1, 0.15) is 23.9 Å². The fourth-order valence-electron chi connectivity index (χ4n) is 4.30. The second-order valence-corrected chi connectivity index (χ2v) is 8.16. The molecule has 1 atom stereocenters. The second-order valence-electron chi connectivity index (χ2n) is 8.16. The Morgan fingerprint density at radius 3 is 2.93 bits per heavy atom. The number of aliphatic hydroxyl groups excluding tert-OH is 1. The Labute approximate surface area is 175 Å². The average molecular weight is 412 g/mol. The topological polar surface area (TPSA) is 112 Å². The Bertz CT molecular complexity index is 922. The van der Waals surface area contributed by atoms with Crippen molar-refractivity contribution in [1.29, 1.82) is 0 Å². The van der Waals surface area contributed by atoms with E-state index in [2.05, 4.69) is 9.88 Å². The van der Waals surface area contributed by atoms with Gasteiger partial charge in [-0.3, -0.25) is 9.69 Å². The lowest BCUT2D eigenvalue weighted by Crippen LogP contribution is -2.55. The molecule has 0 bridgehead atoms. The van der Waals surface area contributed by atoms with Crippen molar-refractivity contribution in [2.75, 3.05) is 38.5 Å². The number of carbonyl (C=O) groups is 1. The largest absolute Gasteiger partial charge is 0.492 e. The molecule has 1 unspecified atom stereocenters.